The monoisotopic (exact) mass is 470 g/mol. The van der Waals surface area contributed by atoms with Gasteiger partial charge >= 0.3 is 0 Å². The molecule has 112 valence electrons. The minimum atomic E-state index is -0.464. The average molecular weight is 471 g/mol. The first-order valence-corrected chi connectivity index (χ1v) is 8.37. The van der Waals surface area contributed by atoms with Crippen LogP contribution in [0.5, 0.6) is 0 Å². The van der Waals surface area contributed by atoms with Crippen LogP contribution in [0, 0.1) is 15.1 Å². The molecule has 22 heavy (non-hydrogen) atoms. The lowest BCUT2D eigenvalue weighted by molar-refractivity contribution is -0.112. The van der Waals surface area contributed by atoms with Crippen molar-refractivity contribution in [2.75, 3.05) is 5.32 Å². The summed E-state index contributed by atoms with van der Waals surface area (Å²) >= 11 is 5.34. The predicted molar refractivity (Wildman–Crippen MR) is 97.2 cm³/mol. The quantitative estimate of drug-likeness (QED) is 0.398. The molecule has 1 aromatic carbocycles. The molecular weight excluding hydrogens is 459 g/mol. The molecule has 0 radical (unpaired) electrons. The largest absolute Gasteiger partial charge is 0.450 e. The van der Waals surface area contributed by atoms with Crippen LogP contribution in [0.15, 0.2) is 44.8 Å². The van der Waals surface area contributed by atoms with Gasteiger partial charge in [0.25, 0.3) is 5.91 Å². The van der Waals surface area contributed by atoms with Gasteiger partial charge in [-0.25, -0.2) is 0 Å². The number of anilines is 1. The van der Waals surface area contributed by atoms with Crippen molar-refractivity contribution in [3.05, 3.63) is 55.5 Å². The van der Waals surface area contributed by atoms with Crippen molar-refractivity contribution in [3.8, 4) is 6.07 Å². The van der Waals surface area contributed by atoms with Crippen LogP contribution in [0.3, 0.4) is 0 Å². The van der Waals surface area contributed by atoms with Crippen LogP contribution in [0.2, 0.25) is 0 Å². The van der Waals surface area contributed by atoms with Crippen LogP contribution < -0.4 is 5.32 Å². The van der Waals surface area contributed by atoms with Crippen molar-refractivity contribution in [2.45, 2.75) is 13.3 Å². The van der Waals surface area contributed by atoms with Crippen molar-refractivity contribution >= 4 is 56.2 Å². The summed E-state index contributed by atoms with van der Waals surface area (Å²) in [5, 5.41) is 11.9. The number of amides is 1. The average Bonchev–Trinajstić information content (AvgIpc) is 2.83. The smallest absolute Gasteiger partial charge is 0.266 e. The fourth-order valence-corrected chi connectivity index (χ4v) is 2.46. The zero-order valence-corrected chi connectivity index (χ0v) is 15.4. The Kier molecular flexibility index (Phi) is 5.80. The van der Waals surface area contributed by atoms with E-state index in [1.165, 1.54) is 11.6 Å². The molecule has 1 heterocycles. The number of nitrogens with zero attached hydrogens (tertiary/aromatic N) is 1. The summed E-state index contributed by atoms with van der Waals surface area (Å²) in [7, 11) is 0. The zero-order valence-electron chi connectivity index (χ0n) is 11.7. The maximum Gasteiger partial charge on any atom is 0.266 e. The summed E-state index contributed by atoms with van der Waals surface area (Å²) in [6.45, 7) is 2.06. The highest BCUT2D eigenvalue weighted by Gasteiger charge is 2.12. The highest BCUT2D eigenvalue weighted by Crippen LogP contribution is 2.24. The second kappa shape index (κ2) is 7.61. The van der Waals surface area contributed by atoms with E-state index >= 15 is 0 Å². The van der Waals surface area contributed by atoms with E-state index in [0.717, 1.165) is 10.9 Å². The van der Waals surface area contributed by atoms with Crippen molar-refractivity contribution in [2.24, 2.45) is 0 Å². The van der Waals surface area contributed by atoms with E-state index in [2.05, 4.69) is 28.2 Å². The Balaban J connectivity index is 2.16. The summed E-state index contributed by atoms with van der Waals surface area (Å²) in [6, 6.07) is 11.1. The molecule has 0 fully saturated rings. The Morgan fingerprint density at radius 2 is 2.14 bits per heavy atom. The number of aryl methyl sites for hydroxylation is 1. The minimum absolute atomic E-state index is 0.0165. The van der Waals surface area contributed by atoms with Gasteiger partial charge in [-0.15, -0.1) is 0 Å². The van der Waals surface area contributed by atoms with Gasteiger partial charge in [0.15, 0.2) is 3.77 Å². The van der Waals surface area contributed by atoms with E-state index < -0.39 is 5.91 Å². The Hall–Kier alpha value is -1.59. The molecule has 0 bridgehead atoms. The minimum Gasteiger partial charge on any atom is -0.450 e. The number of hydrogen-bond donors (Lipinski definition) is 1. The summed E-state index contributed by atoms with van der Waals surface area (Å²) in [5.74, 6) is -0.0152. The van der Waals surface area contributed by atoms with Crippen molar-refractivity contribution in [1.82, 2.24) is 0 Å². The molecule has 4 nitrogen and oxygen atoms in total. The first-order valence-electron chi connectivity index (χ1n) is 6.50. The van der Waals surface area contributed by atoms with Crippen molar-refractivity contribution < 1.29 is 9.21 Å². The summed E-state index contributed by atoms with van der Waals surface area (Å²) in [5.41, 5.74) is 1.82. The first-order chi connectivity index (χ1) is 10.5. The van der Waals surface area contributed by atoms with Gasteiger partial charge in [-0.05, 0) is 46.1 Å². The number of furan rings is 1. The molecule has 0 aliphatic heterocycles. The van der Waals surface area contributed by atoms with Gasteiger partial charge in [-0.1, -0.05) is 19.1 Å². The van der Waals surface area contributed by atoms with Gasteiger partial charge < -0.3 is 9.73 Å². The number of carbonyl (C=O) groups excluding carboxylic acids is 1. The number of rotatable bonds is 4. The molecule has 1 amide bonds. The maximum atomic E-state index is 12.1. The Labute approximate surface area is 150 Å². The van der Waals surface area contributed by atoms with Crippen LogP contribution in [0.25, 0.3) is 6.08 Å². The Morgan fingerprint density at radius 1 is 1.45 bits per heavy atom. The standard InChI is InChI=1S/C16H12BrIN2O2/c1-2-10-3-5-12(6-4-10)20-16(21)11(9-19)7-13-8-14(17)15(18)22-13/h3-8H,2H2,1H3,(H,20,21)/b11-7-. The molecule has 6 heteroatoms. The van der Waals surface area contributed by atoms with Crippen LogP contribution >= 0.6 is 38.5 Å². The van der Waals surface area contributed by atoms with Crippen molar-refractivity contribution in [3.63, 3.8) is 0 Å². The summed E-state index contributed by atoms with van der Waals surface area (Å²) in [4.78, 5) is 12.1. The third kappa shape index (κ3) is 4.21. The van der Waals surface area contributed by atoms with E-state index in [0.29, 0.717) is 15.2 Å². The third-order valence-electron chi connectivity index (χ3n) is 2.94. The number of nitrogens with one attached hydrogen (secondary N) is 1. The van der Waals surface area contributed by atoms with Gasteiger partial charge in [-0.3, -0.25) is 4.79 Å². The van der Waals surface area contributed by atoms with Crippen LogP contribution in [-0.2, 0) is 11.2 Å². The molecule has 0 spiro atoms. The lowest BCUT2D eigenvalue weighted by Gasteiger charge is -2.04. The number of halogens is 2. The summed E-state index contributed by atoms with van der Waals surface area (Å²) < 4.78 is 6.86. The van der Waals surface area contributed by atoms with Gasteiger partial charge in [0.2, 0.25) is 0 Å². The molecular formula is C16H12BrIN2O2. The van der Waals surface area contributed by atoms with E-state index in [1.807, 2.05) is 52.9 Å². The molecule has 0 atom stereocenters. The van der Waals surface area contributed by atoms with Gasteiger partial charge in [0, 0.05) is 34.4 Å². The van der Waals surface area contributed by atoms with E-state index in [9.17, 15) is 4.79 Å². The van der Waals surface area contributed by atoms with Crippen LogP contribution in [0.1, 0.15) is 18.2 Å². The fraction of sp³-hybridized carbons (Fsp3) is 0.125. The van der Waals surface area contributed by atoms with Crippen LogP contribution in [0.4, 0.5) is 5.69 Å². The Morgan fingerprint density at radius 3 is 2.64 bits per heavy atom. The number of benzene rings is 1. The fourth-order valence-electron chi connectivity index (χ4n) is 1.75. The number of carbonyl (C=O) groups is 1. The Bertz CT molecular complexity index is 738. The van der Waals surface area contributed by atoms with Crippen molar-refractivity contribution in [1.29, 1.82) is 5.26 Å². The van der Waals surface area contributed by atoms with E-state index in [-0.39, 0.29) is 5.57 Å². The predicted octanol–water partition coefficient (Wildman–Crippen LogP) is 4.75. The molecule has 1 N–H and O–H groups in total. The molecule has 2 aromatic rings. The van der Waals surface area contributed by atoms with Crippen LogP contribution in [-0.4, -0.2) is 5.91 Å². The second-order valence-corrected chi connectivity index (χ2v) is 6.28. The third-order valence-corrected chi connectivity index (χ3v) is 5.07. The highest BCUT2D eigenvalue weighted by atomic mass is 127. The SMILES string of the molecule is CCc1ccc(NC(=O)/C(C#N)=C\c2cc(Br)c(I)o2)cc1. The first kappa shape index (κ1) is 16.8. The topological polar surface area (TPSA) is 66.0 Å². The number of hydrogen-bond acceptors (Lipinski definition) is 3. The van der Waals surface area contributed by atoms with E-state index in [4.69, 9.17) is 9.68 Å². The number of nitriles is 1. The molecule has 2 rings (SSSR count). The highest BCUT2D eigenvalue weighted by molar-refractivity contribution is 14.1. The lowest BCUT2D eigenvalue weighted by atomic mass is 10.1. The molecule has 0 unspecified atom stereocenters. The van der Waals surface area contributed by atoms with Gasteiger partial charge in [-0.2, -0.15) is 5.26 Å². The molecule has 0 saturated heterocycles. The zero-order chi connectivity index (χ0) is 16.1. The normalized spacial score (nSPS) is 11.1. The maximum absolute atomic E-state index is 12.1. The van der Waals surface area contributed by atoms with Gasteiger partial charge in [0.1, 0.15) is 17.4 Å². The molecule has 0 aliphatic rings. The second-order valence-electron chi connectivity index (χ2n) is 4.44. The molecule has 0 aliphatic carbocycles. The van der Waals surface area contributed by atoms with Gasteiger partial charge in [0.05, 0.1) is 4.47 Å². The summed E-state index contributed by atoms with van der Waals surface area (Å²) in [6.07, 6.45) is 2.35. The molecule has 1 aromatic heterocycles. The van der Waals surface area contributed by atoms with E-state index in [1.54, 1.807) is 6.07 Å². The lowest BCUT2D eigenvalue weighted by Crippen LogP contribution is -2.13. The molecule has 0 saturated carbocycles.